The zero-order valence-electron chi connectivity index (χ0n) is 15.9. The van der Waals surface area contributed by atoms with E-state index in [1.165, 1.54) is 0 Å². The first-order chi connectivity index (χ1) is 12.8. The lowest BCUT2D eigenvalue weighted by atomic mass is 9.78. The van der Waals surface area contributed by atoms with Crippen LogP contribution in [0.3, 0.4) is 0 Å². The summed E-state index contributed by atoms with van der Waals surface area (Å²) in [6, 6.07) is 18.0. The van der Waals surface area contributed by atoms with Gasteiger partial charge in [0.25, 0.3) is 0 Å². The SMILES string of the molecule is CC1(C)OB(c2cccc3c2Oc2cc4ccccc4cc2O3)OC1(C)C. The predicted octanol–water partition coefficient (Wildman–Crippen LogP) is 5.04. The molecule has 0 unspecified atom stereocenters. The Morgan fingerprint density at radius 3 is 1.89 bits per heavy atom. The number of hydrogen-bond acceptors (Lipinski definition) is 4. The minimum atomic E-state index is -0.504. The standard InChI is InChI=1S/C22H21BO4/c1-21(2)22(3,4)27-23(26-21)16-10-7-11-17-20(16)25-19-13-15-9-6-5-8-14(15)12-18(19)24-17/h5-13H,1-4H3. The zero-order chi connectivity index (χ0) is 18.8. The molecular formula is C22H21BO4. The van der Waals surface area contributed by atoms with Crippen LogP contribution in [0.25, 0.3) is 10.8 Å². The Hall–Kier alpha value is -2.50. The molecule has 3 aromatic rings. The second kappa shape index (κ2) is 5.50. The number of fused-ring (bicyclic) bond motifs is 3. The van der Waals surface area contributed by atoms with Gasteiger partial charge in [-0.25, -0.2) is 0 Å². The maximum absolute atomic E-state index is 6.28. The predicted molar refractivity (Wildman–Crippen MR) is 106 cm³/mol. The summed E-state index contributed by atoms with van der Waals surface area (Å²) in [6.45, 7) is 8.17. The van der Waals surface area contributed by atoms with Crippen LogP contribution in [-0.2, 0) is 9.31 Å². The lowest BCUT2D eigenvalue weighted by Gasteiger charge is -2.32. The number of benzene rings is 3. The third-order valence-corrected chi connectivity index (χ3v) is 5.76. The molecule has 0 bridgehead atoms. The Bertz CT molecular complexity index is 1040. The Balaban J connectivity index is 1.57. The first-order valence-electron chi connectivity index (χ1n) is 9.21. The van der Waals surface area contributed by atoms with Gasteiger partial charge in [-0.1, -0.05) is 36.4 Å². The minimum Gasteiger partial charge on any atom is -0.450 e. The summed E-state index contributed by atoms with van der Waals surface area (Å²) in [7, 11) is -0.504. The number of ether oxygens (including phenoxy) is 2. The Labute approximate surface area is 159 Å². The maximum atomic E-state index is 6.28. The topological polar surface area (TPSA) is 36.9 Å². The van der Waals surface area contributed by atoms with Crippen molar-refractivity contribution in [1.29, 1.82) is 0 Å². The average molecular weight is 360 g/mol. The van der Waals surface area contributed by atoms with Crippen LogP contribution in [-0.4, -0.2) is 18.3 Å². The third kappa shape index (κ3) is 2.53. The van der Waals surface area contributed by atoms with E-state index < -0.39 is 18.3 Å². The molecule has 5 heteroatoms. The van der Waals surface area contributed by atoms with E-state index in [1.54, 1.807) is 0 Å². The van der Waals surface area contributed by atoms with Gasteiger partial charge in [0.05, 0.1) is 11.2 Å². The average Bonchev–Trinajstić information content (AvgIpc) is 2.85. The Morgan fingerprint density at radius 2 is 1.26 bits per heavy atom. The van der Waals surface area contributed by atoms with Crippen molar-refractivity contribution in [3.63, 3.8) is 0 Å². The van der Waals surface area contributed by atoms with Crippen molar-refractivity contribution in [3.05, 3.63) is 54.6 Å². The van der Waals surface area contributed by atoms with Gasteiger partial charge in [-0.05, 0) is 56.7 Å². The van der Waals surface area contributed by atoms with Crippen LogP contribution in [0.2, 0.25) is 0 Å². The summed E-state index contributed by atoms with van der Waals surface area (Å²) < 4.78 is 24.9. The summed E-state index contributed by atoms with van der Waals surface area (Å²) in [5.41, 5.74) is 0.0126. The first-order valence-corrected chi connectivity index (χ1v) is 9.21. The quantitative estimate of drug-likeness (QED) is 0.446. The van der Waals surface area contributed by atoms with E-state index in [1.807, 2.05) is 70.2 Å². The van der Waals surface area contributed by atoms with Gasteiger partial charge in [0.1, 0.15) is 0 Å². The van der Waals surface area contributed by atoms with Crippen LogP contribution in [0.4, 0.5) is 0 Å². The molecular weight excluding hydrogens is 339 g/mol. The van der Waals surface area contributed by atoms with Gasteiger partial charge in [0.15, 0.2) is 23.0 Å². The highest BCUT2D eigenvalue weighted by Crippen LogP contribution is 2.47. The van der Waals surface area contributed by atoms with E-state index in [0.717, 1.165) is 16.2 Å². The molecule has 0 atom stereocenters. The van der Waals surface area contributed by atoms with Crippen LogP contribution in [0, 0.1) is 0 Å². The summed E-state index contributed by atoms with van der Waals surface area (Å²) >= 11 is 0. The van der Waals surface area contributed by atoms with Crippen LogP contribution in [0.1, 0.15) is 27.7 Å². The van der Waals surface area contributed by atoms with Gasteiger partial charge in [-0.15, -0.1) is 0 Å². The number of hydrogen-bond donors (Lipinski definition) is 0. The normalized spacial score (nSPS) is 19.2. The van der Waals surface area contributed by atoms with E-state index >= 15 is 0 Å². The zero-order valence-corrected chi connectivity index (χ0v) is 15.9. The van der Waals surface area contributed by atoms with Crippen LogP contribution < -0.4 is 14.9 Å². The van der Waals surface area contributed by atoms with Crippen molar-refractivity contribution in [3.8, 4) is 23.0 Å². The van der Waals surface area contributed by atoms with Crippen LogP contribution >= 0.6 is 0 Å². The fourth-order valence-corrected chi connectivity index (χ4v) is 3.46. The molecule has 1 fully saturated rings. The van der Waals surface area contributed by atoms with E-state index in [-0.39, 0.29) is 0 Å². The monoisotopic (exact) mass is 360 g/mol. The van der Waals surface area contributed by atoms with Gasteiger partial charge >= 0.3 is 7.12 Å². The van der Waals surface area contributed by atoms with E-state index in [9.17, 15) is 0 Å². The summed E-state index contributed by atoms with van der Waals surface area (Å²) in [5.74, 6) is 2.74. The molecule has 1 saturated heterocycles. The highest BCUT2D eigenvalue weighted by atomic mass is 16.7. The summed E-state index contributed by atoms with van der Waals surface area (Å²) in [6.07, 6.45) is 0. The fraction of sp³-hybridized carbons (Fsp3) is 0.273. The van der Waals surface area contributed by atoms with Crippen molar-refractivity contribution in [2.45, 2.75) is 38.9 Å². The van der Waals surface area contributed by atoms with Crippen molar-refractivity contribution < 1.29 is 18.8 Å². The van der Waals surface area contributed by atoms with Gasteiger partial charge in [-0.3, -0.25) is 0 Å². The van der Waals surface area contributed by atoms with E-state index in [0.29, 0.717) is 23.0 Å². The first kappa shape index (κ1) is 16.7. The summed E-state index contributed by atoms with van der Waals surface area (Å²) in [5, 5.41) is 2.22. The number of para-hydroxylation sites is 1. The molecule has 2 aliphatic heterocycles. The number of rotatable bonds is 1. The van der Waals surface area contributed by atoms with E-state index in [2.05, 4.69) is 12.1 Å². The highest BCUT2D eigenvalue weighted by molar-refractivity contribution is 6.63. The van der Waals surface area contributed by atoms with Gasteiger partial charge < -0.3 is 18.8 Å². The van der Waals surface area contributed by atoms with Gasteiger partial charge in [0, 0.05) is 5.46 Å². The fourth-order valence-electron chi connectivity index (χ4n) is 3.46. The van der Waals surface area contributed by atoms with Gasteiger partial charge in [-0.2, -0.15) is 0 Å². The molecule has 0 amide bonds. The molecule has 4 nitrogen and oxygen atoms in total. The largest absolute Gasteiger partial charge is 0.498 e. The Kier molecular flexibility index (Phi) is 3.40. The van der Waals surface area contributed by atoms with Crippen molar-refractivity contribution in [2.24, 2.45) is 0 Å². The molecule has 0 saturated carbocycles. The second-order valence-corrected chi connectivity index (χ2v) is 8.11. The molecule has 0 aromatic heterocycles. The van der Waals surface area contributed by atoms with E-state index in [4.69, 9.17) is 18.8 Å². The minimum absolute atomic E-state index is 0.413. The Morgan fingerprint density at radius 1 is 0.667 bits per heavy atom. The highest BCUT2D eigenvalue weighted by Gasteiger charge is 2.53. The van der Waals surface area contributed by atoms with Crippen LogP contribution in [0.5, 0.6) is 23.0 Å². The molecule has 0 aliphatic carbocycles. The van der Waals surface area contributed by atoms with Crippen molar-refractivity contribution in [2.75, 3.05) is 0 Å². The molecule has 27 heavy (non-hydrogen) atoms. The maximum Gasteiger partial charge on any atom is 0.498 e. The third-order valence-electron chi connectivity index (χ3n) is 5.76. The molecule has 0 spiro atoms. The lowest BCUT2D eigenvalue weighted by Crippen LogP contribution is -2.41. The smallest absolute Gasteiger partial charge is 0.450 e. The molecule has 0 N–H and O–H groups in total. The molecule has 3 aromatic carbocycles. The molecule has 136 valence electrons. The van der Waals surface area contributed by atoms with Gasteiger partial charge in [0.2, 0.25) is 0 Å². The second-order valence-electron chi connectivity index (χ2n) is 8.11. The molecule has 2 aliphatic rings. The van der Waals surface area contributed by atoms with Crippen molar-refractivity contribution >= 4 is 23.4 Å². The molecule has 0 radical (unpaired) electrons. The summed E-state index contributed by atoms with van der Waals surface area (Å²) in [4.78, 5) is 0. The molecule has 5 rings (SSSR count). The lowest BCUT2D eigenvalue weighted by molar-refractivity contribution is 0.00578. The van der Waals surface area contributed by atoms with Crippen molar-refractivity contribution in [1.82, 2.24) is 0 Å². The molecule has 2 heterocycles. The van der Waals surface area contributed by atoms with Crippen LogP contribution in [0.15, 0.2) is 54.6 Å².